The van der Waals surface area contributed by atoms with Crippen LogP contribution in [0.4, 0.5) is 0 Å². The number of nitrogens with zero attached hydrogens (tertiary/aromatic N) is 1. The summed E-state index contributed by atoms with van der Waals surface area (Å²) in [5.41, 5.74) is 2.48. The van der Waals surface area contributed by atoms with E-state index in [0.717, 1.165) is 25.9 Å². The van der Waals surface area contributed by atoms with Crippen molar-refractivity contribution in [1.82, 2.24) is 15.2 Å². The Labute approximate surface area is 138 Å². The van der Waals surface area contributed by atoms with Gasteiger partial charge in [-0.05, 0) is 50.4 Å². The predicted molar refractivity (Wildman–Crippen MR) is 94.5 cm³/mol. The maximum atomic E-state index is 12.0. The van der Waals surface area contributed by atoms with Crippen molar-refractivity contribution in [3.63, 3.8) is 0 Å². The van der Waals surface area contributed by atoms with E-state index in [2.05, 4.69) is 46.5 Å². The number of amides is 1. The molecule has 0 bridgehead atoms. The third-order valence-corrected chi connectivity index (χ3v) is 4.96. The third kappa shape index (κ3) is 3.94. The van der Waals surface area contributed by atoms with Crippen LogP contribution in [0.25, 0.3) is 10.9 Å². The molecule has 124 valence electrons. The number of likely N-dealkylation sites (N-methyl/N-ethyl adjacent to an activating group) is 1. The summed E-state index contributed by atoms with van der Waals surface area (Å²) in [4.78, 5) is 17.8. The van der Waals surface area contributed by atoms with E-state index in [4.69, 9.17) is 0 Å². The zero-order chi connectivity index (χ0) is 16.1. The molecule has 2 N–H and O–H groups in total. The summed E-state index contributed by atoms with van der Waals surface area (Å²) in [6, 6.07) is 8.87. The molecule has 2 aromatic rings. The molecule has 2 heterocycles. The number of aromatic amines is 1. The molecule has 1 aliphatic heterocycles. The van der Waals surface area contributed by atoms with E-state index < -0.39 is 0 Å². The molecule has 4 heteroatoms. The Balaban J connectivity index is 1.41. The van der Waals surface area contributed by atoms with Crippen molar-refractivity contribution in [2.24, 2.45) is 0 Å². The molecule has 1 aromatic carbocycles. The lowest BCUT2D eigenvalue weighted by molar-refractivity contribution is -0.121. The molecule has 0 saturated carbocycles. The smallest absolute Gasteiger partial charge is 0.220 e. The highest BCUT2D eigenvalue weighted by Crippen LogP contribution is 2.19. The van der Waals surface area contributed by atoms with Gasteiger partial charge in [0.25, 0.3) is 0 Å². The van der Waals surface area contributed by atoms with Gasteiger partial charge in [0.15, 0.2) is 0 Å². The van der Waals surface area contributed by atoms with Crippen molar-refractivity contribution in [3.8, 4) is 0 Å². The zero-order valence-electron chi connectivity index (χ0n) is 14.0. The number of H-pyrrole nitrogens is 1. The number of rotatable bonds is 7. The number of aromatic nitrogens is 1. The first-order valence-electron chi connectivity index (χ1n) is 8.83. The summed E-state index contributed by atoms with van der Waals surface area (Å²) in [6.45, 7) is 5.26. The Bertz CT molecular complexity index is 649. The van der Waals surface area contributed by atoms with Crippen LogP contribution in [0.1, 0.15) is 38.2 Å². The molecule has 3 rings (SSSR count). The Hall–Kier alpha value is -1.81. The molecule has 0 radical (unpaired) electrons. The molecule has 1 atom stereocenters. The quantitative estimate of drug-likeness (QED) is 0.825. The van der Waals surface area contributed by atoms with Crippen LogP contribution in [0, 0.1) is 0 Å². The lowest BCUT2D eigenvalue weighted by Crippen LogP contribution is -2.39. The number of carbonyl (C=O) groups is 1. The normalized spacial score (nSPS) is 18.6. The van der Waals surface area contributed by atoms with Gasteiger partial charge in [-0.1, -0.05) is 25.1 Å². The molecule has 4 nitrogen and oxygen atoms in total. The largest absolute Gasteiger partial charge is 0.361 e. The zero-order valence-corrected chi connectivity index (χ0v) is 14.0. The number of hydrogen-bond donors (Lipinski definition) is 2. The van der Waals surface area contributed by atoms with Crippen molar-refractivity contribution in [2.75, 3.05) is 19.6 Å². The first kappa shape index (κ1) is 16.1. The van der Waals surface area contributed by atoms with Gasteiger partial charge in [-0.3, -0.25) is 9.69 Å². The van der Waals surface area contributed by atoms with Crippen LogP contribution in [0.15, 0.2) is 30.5 Å². The average Bonchev–Trinajstić information content (AvgIpc) is 3.19. The van der Waals surface area contributed by atoms with Crippen LogP contribution in [-0.4, -0.2) is 41.5 Å². The van der Waals surface area contributed by atoms with Gasteiger partial charge in [0.05, 0.1) is 0 Å². The molecule has 1 saturated heterocycles. The average molecular weight is 313 g/mol. The minimum absolute atomic E-state index is 0.188. The summed E-state index contributed by atoms with van der Waals surface area (Å²) in [5, 5.41) is 4.39. The first-order chi connectivity index (χ1) is 11.3. The van der Waals surface area contributed by atoms with Crippen LogP contribution in [0.5, 0.6) is 0 Å². The van der Waals surface area contributed by atoms with Crippen LogP contribution >= 0.6 is 0 Å². The topological polar surface area (TPSA) is 48.1 Å². The Morgan fingerprint density at radius 3 is 3.13 bits per heavy atom. The highest BCUT2D eigenvalue weighted by Gasteiger charge is 2.22. The fourth-order valence-electron chi connectivity index (χ4n) is 3.64. The van der Waals surface area contributed by atoms with Crippen molar-refractivity contribution in [1.29, 1.82) is 0 Å². The van der Waals surface area contributed by atoms with Gasteiger partial charge in [0.2, 0.25) is 5.91 Å². The fourth-order valence-corrected chi connectivity index (χ4v) is 3.64. The molecule has 0 aliphatic carbocycles. The van der Waals surface area contributed by atoms with Gasteiger partial charge >= 0.3 is 0 Å². The Morgan fingerprint density at radius 2 is 2.26 bits per heavy atom. The van der Waals surface area contributed by atoms with Gasteiger partial charge in [-0.15, -0.1) is 0 Å². The van der Waals surface area contributed by atoms with Crippen LogP contribution in [0.3, 0.4) is 0 Å². The second kappa shape index (κ2) is 7.64. The second-order valence-electron chi connectivity index (χ2n) is 6.44. The monoisotopic (exact) mass is 313 g/mol. The highest BCUT2D eigenvalue weighted by molar-refractivity contribution is 5.83. The summed E-state index contributed by atoms with van der Waals surface area (Å²) >= 11 is 0. The Morgan fingerprint density at radius 1 is 1.39 bits per heavy atom. The summed E-state index contributed by atoms with van der Waals surface area (Å²) < 4.78 is 0. The molecule has 0 unspecified atom stereocenters. The number of aryl methyl sites for hydroxylation is 1. The number of hydrogen-bond acceptors (Lipinski definition) is 2. The SMILES string of the molecule is CCN1CCC[C@H]1CNC(=O)CCCc1c[nH]c2ccccc12. The standard InChI is InChI=1S/C19H27N3O/c1-2-22-12-6-8-16(22)14-21-19(23)11-5-7-15-13-20-18-10-4-3-9-17(15)18/h3-4,9-10,13,16,20H,2,5-8,11-12,14H2,1H3,(H,21,23)/t16-/m0/s1. The van der Waals surface area contributed by atoms with E-state index in [0.29, 0.717) is 12.5 Å². The molecule has 1 amide bonds. The van der Waals surface area contributed by atoms with Gasteiger partial charge < -0.3 is 10.3 Å². The molecule has 23 heavy (non-hydrogen) atoms. The van der Waals surface area contributed by atoms with E-state index in [1.54, 1.807) is 0 Å². The Kier molecular flexibility index (Phi) is 5.34. The number of carbonyl (C=O) groups excluding carboxylic acids is 1. The molecule has 1 aromatic heterocycles. The molecular formula is C19H27N3O. The molecule has 1 fully saturated rings. The minimum atomic E-state index is 0.188. The van der Waals surface area contributed by atoms with Gasteiger partial charge in [0, 0.05) is 36.1 Å². The van der Waals surface area contributed by atoms with E-state index >= 15 is 0 Å². The van der Waals surface area contributed by atoms with E-state index in [-0.39, 0.29) is 5.91 Å². The van der Waals surface area contributed by atoms with E-state index in [9.17, 15) is 4.79 Å². The van der Waals surface area contributed by atoms with Crippen molar-refractivity contribution in [2.45, 2.75) is 45.1 Å². The molecule has 0 spiro atoms. The maximum absolute atomic E-state index is 12.0. The summed E-state index contributed by atoms with van der Waals surface area (Å²) in [7, 11) is 0. The summed E-state index contributed by atoms with van der Waals surface area (Å²) in [5.74, 6) is 0.188. The van der Waals surface area contributed by atoms with Gasteiger partial charge in [-0.2, -0.15) is 0 Å². The maximum Gasteiger partial charge on any atom is 0.220 e. The highest BCUT2D eigenvalue weighted by atomic mass is 16.1. The number of para-hydroxylation sites is 1. The molecule has 1 aliphatic rings. The number of likely N-dealkylation sites (tertiary alicyclic amines) is 1. The second-order valence-corrected chi connectivity index (χ2v) is 6.44. The first-order valence-corrected chi connectivity index (χ1v) is 8.83. The lowest BCUT2D eigenvalue weighted by Gasteiger charge is -2.22. The van der Waals surface area contributed by atoms with Crippen LogP contribution in [-0.2, 0) is 11.2 Å². The van der Waals surface area contributed by atoms with Gasteiger partial charge in [0.1, 0.15) is 0 Å². The number of benzene rings is 1. The van der Waals surface area contributed by atoms with Crippen LogP contribution < -0.4 is 5.32 Å². The van der Waals surface area contributed by atoms with Crippen molar-refractivity contribution < 1.29 is 4.79 Å². The van der Waals surface area contributed by atoms with Crippen LogP contribution in [0.2, 0.25) is 0 Å². The van der Waals surface area contributed by atoms with Crippen molar-refractivity contribution >= 4 is 16.8 Å². The fraction of sp³-hybridized carbons (Fsp3) is 0.526. The van der Waals surface area contributed by atoms with Crippen molar-refractivity contribution in [3.05, 3.63) is 36.0 Å². The third-order valence-electron chi connectivity index (χ3n) is 4.96. The number of nitrogens with one attached hydrogen (secondary N) is 2. The van der Waals surface area contributed by atoms with E-state index in [1.807, 2.05) is 6.07 Å². The number of fused-ring (bicyclic) bond motifs is 1. The van der Waals surface area contributed by atoms with Gasteiger partial charge in [-0.25, -0.2) is 0 Å². The predicted octanol–water partition coefficient (Wildman–Crippen LogP) is 3.09. The van der Waals surface area contributed by atoms with E-state index in [1.165, 1.54) is 35.9 Å². The lowest BCUT2D eigenvalue weighted by atomic mass is 10.1. The minimum Gasteiger partial charge on any atom is -0.361 e. The molecular weight excluding hydrogens is 286 g/mol. The summed E-state index contributed by atoms with van der Waals surface area (Å²) in [6.07, 6.45) is 6.99.